The Morgan fingerprint density at radius 1 is 1.23 bits per heavy atom. The highest BCUT2D eigenvalue weighted by Crippen LogP contribution is 2.23. The molecular formula is C17H26N2O3. The van der Waals surface area contributed by atoms with E-state index in [2.05, 4.69) is 9.88 Å². The standard InChI is InChI=1S/C17H26N2O3/c1-11-15(17(21)22-4)12(2)18-16(11)14(20)10-19(3)13-8-6-5-7-9-13/h13,18H,5-10H2,1-4H3. The third-order valence-corrected chi connectivity index (χ3v) is 4.70. The second kappa shape index (κ2) is 7.09. The zero-order valence-electron chi connectivity index (χ0n) is 14.0. The molecule has 0 aliphatic heterocycles. The number of likely N-dealkylation sites (N-methyl/N-ethyl adjacent to an activating group) is 1. The van der Waals surface area contributed by atoms with Crippen LogP contribution in [-0.4, -0.2) is 48.4 Å². The predicted molar refractivity (Wildman–Crippen MR) is 85.4 cm³/mol. The molecular weight excluding hydrogens is 280 g/mol. The Kier molecular flexibility index (Phi) is 5.40. The lowest BCUT2D eigenvalue weighted by atomic mass is 9.94. The zero-order valence-corrected chi connectivity index (χ0v) is 14.0. The van der Waals surface area contributed by atoms with Crippen molar-refractivity contribution < 1.29 is 14.3 Å². The summed E-state index contributed by atoms with van der Waals surface area (Å²) in [6.07, 6.45) is 6.13. The summed E-state index contributed by atoms with van der Waals surface area (Å²) in [6.45, 7) is 3.97. The summed E-state index contributed by atoms with van der Waals surface area (Å²) in [7, 11) is 3.37. The van der Waals surface area contributed by atoms with Gasteiger partial charge in [-0.1, -0.05) is 19.3 Å². The first-order valence-electron chi connectivity index (χ1n) is 7.96. The lowest BCUT2D eigenvalue weighted by molar-refractivity contribution is 0.0599. The number of aromatic amines is 1. The van der Waals surface area contributed by atoms with Gasteiger partial charge < -0.3 is 9.72 Å². The van der Waals surface area contributed by atoms with E-state index in [4.69, 9.17) is 4.74 Å². The van der Waals surface area contributed by atoms with E-state index in [0.717, 1.165) is 0 Å². The third kappa shape index (κ3) is 3.40. The van der Waals surface area contributed by atoms with Crippen molar-refractivity contribution >= 4 is 11.8 Å². The van der Waals surface area contributed by atoms with Gasteiger partial charge >= 0.3 is 5.97 Å². The van der Waals surface area contributed by atoms with Crippen LogP contribution in [0.4, 0.5) is 0 Å². The quantitative estimate of drug-likeness (QED) is 0.671. The summed E-state index contributed by atoms with van der Waals surface area (Å²) >= 11 is 0. The minimum absolute atomic E-state index is 0.0313. The van der Waals surface area contributed by atoms with Gasteiger partial charge in [-0.05, 0) is 39.3 Å². The van der Waals surface area contributed by atoms with E-state index >= 15 is 0 Å². The molecule has 22 heavy (non-hydrogen) atoms. The van der Waals surface area contributed by atoms with Gasteiger partial charge in [-0.2, -0.15) is 0 Å². The molecule has 5 heteroatoms. The molecule has 1 aliphatic rings. The molecule has 1 aromatic heterocycles. The number of methoxy groups -OCH3 is 1. The van der Waals surface area contributed by atoms with Crippen molar-refractivity contribution in [2.24, 2.45) is 0 Å². The number of carbonyl (C=O) groups is 2. The number of nitrogens with one attached hydrogen (secondary N) is 1. The molecule has 122 valence electrons. The molecule has 1 aromatic rings. The fourth-order valence-corrected chi connectivity index (χ4v) is 3.39. The highest BCUT2D eigenvalue weighted by Gasteiger charge is 2.25. The van der Waals surface area contributed by atoms with E-state index < -0.39 is 5.97 Å². The van der Waals surface area contributed by atoms with Crippen LogP contribution in [0, 0.1) is 13.8 Å². The van der Waals surface area contributed by atoms with Crippen LogP contribution in [-0.2, 0) is 4.74 Å². The molecule has 0 amide bonds. The summed E-state index contributed by atoms with van der Waals surface area (Å²) in [5.74, 6) is -0.366. The van der Waals surface area contributed by atoms with E-state index in [1.165, 1.54) is 39.2 Å². The molecule has 0 unspecified atom stereocenters. The highest BCUT2D eigenvalue weighted by atomic mass is 16.5. The van der Waals surface area contributed by atoms with Crippen molar-refractivity contribution in [3.63, 3.8) is 0 Å². The van der Waals surface area contributed by atoms with E-state index in [-0.39, 0.29) is 5.78 Å². The van der Waals surface area contributed by atoms with Crippen molar-refractivity contribution in [2.75, 3.05) is 20.7 Å². The number of ether oxygens (including phenoxy) is 1. The molecule has 1 saturated carbocycles. The van der Waals surface area contributed by atoms with Gasteiger partial charge in [0.15, 0.2) is 5.78 Å². The number of esters is 1. The Balaban J connectivity index is 2.11. The van der Waals surface area contributed by atoms with Gasteiger partial charge in [-0.25, -0.2) is 4.79 Å². The molecule has 1 aliphatic carbocycles. The Labute approximate surface area is 132 Å². The van der Waals surface area contributed by atoms with Gasteiger partial charge in [-0.3, -0.25) is 9.69 Å². The number of aryl methyl sites for hydroxylation is 1. The zero-order chi connectivity index (χ0) is 16.3. The molecule has 2 rings (SSSR count). The Morgan fingerprint density at radius 3 is 2.45 bits per heavy atom. The SMILES string of the molecule is COC(=O)c1c(C)[nH]c(C(=O)CN(C)C2CCCCC2)c1C. The summed E-state index contributed by atoms with van der Waals surface area (Å²) in [5.41, 5.74) is 2.38. The van der Waals surface area contributed by atoms with Crippen LogP contribution in [0.15, 0.2) is 0 Å². The number of aromatic nitrogens is 1. The normalized spacial score (nSPS) is 16.0. The molecule has 0 radical (unpaired) electrons. The number of hydrogen-bond donors (Lipinski definition) is 1. The smallest absolute Gasteiger partial charge is 0.339 e. The maximum absolute atomic E-state index is 12.6. The van der Waals surface area contributed by atoms with Gasteiger partial charge in [0.2, 0.25) is 0 Å². The number of rotatable bonds is 5. The van der Waals surface area contributed by atoms with Gasteiger partial charge in [0.1, 0.15) is 0 Å². The van der Waals surface area contributed by atoms with Crippen LogP contribution in [0.3, 0.4) is 0 Å². The van der Waals surface area contributed by atoms with E-state index in [0.29, 0.717) is 35.1 Å². The molecule has 0 aromatic carbocycles. The highest BCUT2D eigenvalue weighted by molar-refractivity contribution is 6.02. The maximum Gasteiger partial charge on any atom is 0.339 e. The summed E-state index contributed by atoms with van der Waals surface area (Å²) in [4.78, 5) is 29.6. The topological polar surface area (TPSA) is 62.4 Å². The largest absolute Gasteiger partial charge is 0.465 e. The van der Waals surface area contributed by atoms with E-state index in [9.17, 15) is 9.59 Å². The molecule has 1 heterocycles. The maximum atomic E-state index is 12.6. The monoisotopic (exact) mass is 306 g/mol. The van der Waals surface area contributed by atoms with Gasteiger partial charge in [-0.15, -0.1) is 0 Å². The number of ketones is 1. The van der Waals surface area contributed by atoms with Crippen molar-refractivity contribution in [1.29, 1.82) is 0 Å². The van der Waals surface area contributed by atoms with Crippen molar-refractivity contribution in [2.45, 2.75) is 52.0 Å². The lowest BCUT2D eigenvalue weighted by Crippen LogP contribution is -2.37. The fourth-order valence-electron chi connectivity index (χ4n) is 3.39. The second-order valence-corrected chi connectivity index (χ2v) is 6.25. The number of Topliss-reactive ketones (excluding diaryl/α,β-unsaturated/α-hetero) is 1. The average Bonchev–Trinajstić information content (AvgIpc) is 2.82. The Hall–Kier alpha value is -1.62. The van der Waals surface area contributed by atoms with Gasteiger partial charge in [0, 0.05) is 11.7 Å². The number of hydrogen-bond acceptors (Lipinski definition) is 4. The molecule has 0 bridgehead atoms. The molecule has 1 N–H and O–H groups in total. The number of nitrogens with zero attached hydrogens (tertiary/aromatic N) is 1. The number of carbonyl (C=O) groups excluding carboxylic acids is 2. The molecule has 0 spiro atoms. The molecule has 5 nitrogen and oxygen atoms in total. The minimum atomic E-state index is -0.397. The predicted octanol–water partition coefficient (Wildman–Crippen LogP) is 2.87. The van der Waals surface area contributed by atoms with Crippen LogP contribution in [0.2, 0.25) is 0 Å². The first-order chi connectivity index (χ1) is 10.5. The van der Waals surface area contributed by atoms with Crippen molar-refractivity contribution in [1.82, 2.24) is 9.88 Å². The van der Waals surface area contributed by atoms with Crippen LogP contribution >= 0.6 is 0 Å². The lowest BCUT2D eigenvalue weighted by Gasteiger charge is -2.30. The van der Waals surface area contributed by atoms with E-state index in [1.807, 2.05) is 7.05 Å². The molecule has 1 fully saturated rings. The number of H-pyrrole nitrogens is 1. The van der Waals surface area contributed by atoms with Crippen LogP contribution < -0.4 is 0 Å². The van der Waals surface area contributed by atoms with Crippen molar-refractivity contribution in [3.8, 4) is 0 Å². The van der Waals surface area contributed by atoms with Gasteiger partial charge in [0.25, 0.3) is 0 Å². The fraction of sp³-hybridized carbons (Fsp3) is 0.647. The van der Waals surface area contributed by atoms with Gasteiger partial charge in [0.05, 0.1) is 24.9 Å². The first-order valence-corrected chi connectivity index (χ1v) is 7.96. The third-order valence-electron chi connectivity index (χ3n) is 4.70. The first kappa shape index (κ1) is 16.7. The van der Waals surface area contributed by atoms with Crippen molar-refractivity contribution in [3.05, 3.63) is 22.5 Å². The summed E-state index contributed by atoms with van der Waals surface area (Å²) in [5, 5.41) is 0. The van der Waals surface area contributed by atoms with E-state index in [1.54, 1.807) is 13.8 Å². The van der Waals surface area contributed by atoms with Crippen LogP contribution in [0.5, 0.6) is 0 Å². The second-order valence-electron chi connectivity index (χ2n) is 6.25. The Bertz CT molecular complexity index is 556. The average molecular weight is 306 g/mol. The molecule has 0 saturated heterocycles. The summed E-state index contributed by atoms with van der Waals surface area (Å²) in [6, 6.07) is 0.495. The molecule has 0 atom stereocenters. The van der Waals surface area contributed by atoms with Crippen LogP contribution in [0.25, 0.3) is 0 Å². The van der Waals surface area contributed by atoms with Crippen LogP contribution in [0.1, 0.15) is 64.2 Å². The summed E-state index contributed by atoms with van der Waals surface area (Å²) < 4.78 is 4.79. The minimum Gasteiger partial charge on any atom is -0.465 e. The Morgan fingerprint density at radius 2 is 1.86 bits per heavy atom.